The first-order valence-corrected chi connectivity index (χ1v) is 7.02. The van der Waals surface area contributed by atoms with Gasteiger partial charge in [0.05, 0.1) is 24.4 Å². The van der Waals surface area contributed by atoms with E-state index in [1.807, 2.05) is 59.3 Å². The van der Waals surface area contributed by atoms with Crippen molar-refractivity contribution in [3.05, 3.63) is 71.5 Å². The Morgan fingerprint density at radius 1 is 1.10 bits per heavy atom. The van der Waals surface area contributed by atoms with Crippen LogP contribution in [0.1, 0.15) is 28.4 Å². The van der Waals surface area contributed by atoms with Crippen LogP contribution in [0.25, 0.3) is 5.52 Å². The number of fused-ring (bicyclic) bond motifs is 1. The highest BCUT2D eigenvalue weighted by molar-refractivity contribution is 6.14. The Morgan fingerprint density at radius 3 is 2.52 bits per heavy atom. The molecule has 0 saturated carbocycles. The Morgan fingerprint density at radius 2 is 1.86 bits per heavy atom. The van der Waals surface area contributed by atoms with E-state index in [0.29, 0.717) is 0 Å². The lowest BCUT2D eigenvalue weighted by atomic mass is 9.99. The summed E-state index contributed by atoms with van der Waals surface area (Å²) >= 11 is 0. The summed E-state index contributed by atoms with van der Waals surface area (Å²) in [6.07, 6.45) is 4.72. The summed E-state index contributed by atoms with van der Waals surface area (Å²) in [4.78, 5) is 12.8. The zero-order valence-electron chi connectivity index (χ0n) is 12.2. The number of aromatic nitrogens is 1. The van der Waals surface area contributed by atoms with Crippen LogP contribution in [0.3, 0.4) is 0 Å². The van der Waals surface area contributed by atoms with E-state index in [1.165, 1.54) is 0 Å². The van der Waals surface area contributed by atoms with Crippen molar-refractivity contribution in [3.8, 4) is 5.75 Å². The Hall–Kier alpha value is -2.55. The van der Waals surface area contributed by atoms with E-state index in [9.17, 15) is 4.79 Å². The van der Waals surface area contributed by atoms with Gasteiger partial charge in [0.1, 0.15) is 5.75 Å². The number of hydrogen-bond donors (Lipinski definition) is 0. The van der Waals surface area contributed by atoms with Crippen molar-refractivity contribution in [3.63, 3.8) is 0 Å². The second kappa shape index (κ2) is 5.44. The van der Waals surface area contributed by atoms with Gasteiger partial charge < -0.3 is 9.14 Å². The number of rotatable bonds is 4. The number of methoxy groups -OCH3 is 1. The lowest BCUT2D eigenvalue weighted by Crippen LogP contribution is -2.03. The fourth-order valence-corrected chi connectivity index (χ4v) is 2.60. The van der Waals surface area contributed by atoms with Gasteiger partial charge in [0.2, 0.25) is 0 Å². The summed E-state index contributed by atoms with van der Waals surface area (Å²) in [5, 5.41) is 0. The largest absolute Gasteiger partial charge is 0.495 e. The molecule has 3 aromatic rings. The maximum absolute atomic E-state index is 12.8. The molecule has 3 nitrogen and oxygen atoms in total. The maximum Gasteiger partial charge on any atom is 0.195 e. The topological polar surface area (TPSA) is 30.7 Å². The molecule has 2 aromatic heterocycles. The number of pyridine rings is 1. The third kappa shape index (κ3) is 2.31. The van der Waals surface area contributed by atoms with E-state index in [4.69, 9.17) is 4.74 Å². The van der Waals surface area contributed by atoms with Gasteiger partial charge >= 0.3 is 0 Å². The molecule has 0 unspecified atom stereocenters. The van der Waals surface area contributed by atoms with Crippen LogP contribution in [0.4, 0.5) is 0 Å². The van der Waals surface area contributed by atoms with Crippen LogP contribution < -0.4 is 4.74 Å². The SMILES string of the molecule is CCc1cn2cc(OC)ccc2c1C(=O)c1ccccc1. The Labute approximate surface area is 123 Å². The fourth-order valence-electron chi connectivity index (χ4n) is 2.60. The molecule has 1 aromatic carbocycles. The average Bonchev–Trinajstić information content (AvgIpc) is 2.92. The van der Waals surface area contributed by atoms with Crippen molar-refractivity contribution >= 4 is 11.3 Å². The fraction of sp³-hybridized carbons (Fsp3) is 0.167. The quantitative estimate of drug-likeness (QED) is 0.681. The van der Waals surface area contributed by atoms with Gasteiger partial charge in [0, 0.05) is 11.8 Å². The smallest absolute Gasteiger partial charge is 0.195 e. The highest BCUT2D eigenvalue weighted by Crippen LogP contribution is 2.25. The van der Waals surface area contributed by atoms with Crippen molar-refractivity contribution in [2.24, 2.45) is 0 Å². The minimum absolute atomic E-state index is 0.0696. The van der Waals surface area contributed by atoms with Crippen LogP contribution in [0.5, 0.6) is 5.75 Å². The minimum atomic E-state index is 0.0696. The molecular formula is C18H17NO2. The number of ketones is 1. The molecule has 0 radical (unpaired) electrons. The number of aryl methyl sites for hydroxylation is 1. The van der Waals surface area contributed by atoms with Gasteiger partial charge in [-0.3, -0.25) is 4.79 Å². The third-order valence-electron chi connectivity index (χ3n) is 3.70. The molecule has 21 heavy (non-hydrogen) atoms. The molecule has 0 saturated heterocycles. The molecule has 3 heteroatoms. The number of hydrogen-bond acceptors (Lipinski definition) is 2. The van der Waals surface area contributed by atoms with E-state index in [1.54, 1.807) is 7.11 Å². The summed E-state index contributed by atoms with van der Waals surface area (Å²) in [6, 6.07) is 13.2. The van der Waals surface area contributed by atoms with E-state index >= 15 is 0 Å². The highest BCUT2D eigenvalue weighted by Gasteiger charge is 2.18. The Balaban J connectivity index is 2.19. The Kier molecular flexibility index (Phi) is 3.48. The first-order valence-electron chi connectivity index (χ1n) is 7.02. The van der Waals surface area contributed by atoms with Crippen LogP contribution in [0, 0.1) is 0 Å². The molecule has 0 bridgehead atoms. The Bertz CT molecular complexity index is 788. The van der Waals surface area contributed by atoms with Gasteiger partial charge in [-0.2, -0.15) is 0 Å². The van der Waals surface area contributed by atoms with Gasteiger partial charge in [-0.1, -0.05) is 37.3 Å². The van der Waals surface area contributed by atoms with Gasteiger partial charge in [-0.15, -0.1) is 0 Å². The van der Waals surface area contributed by atoms with E-state index in [-0.39, 0.29) is 5.78 Å². The van der Waals surface area contributed by atoms with Gasteiger partial charge in [-0.25, -0.2) is 0 Å². The predicted octanol–water partition coefficient (Wildman–Crippen LogP) is 3.74. The molecular weight excluding hydrogens is 262 g/mol. The lowest BCUT2D eigenvalue weighted by molar-refractivity contribution is 0.103. The average molecular weight is 279 g/mol. The molecule has 0 spiro atoms. The van der Waals surface area contributed by atoms with Crippen LogP contribution in [-0.2, 0) is 6.42 Å². The zero-order chi connectivity index (χ0) is 14.8. The molecule has 0 atom stereocenters. The maximum atomic E-state index is 12.8. The molecule has 0 fully saturated rings. The molecule has 0 amide bonds. The molecule has 106 valence electrons. The van der Waals surface area contributed by atoms with E-state index < -0.39 is 0 Å². The first-order chi connectivity index (χ1) is 10.2. The number of carbonyl (C=O) groups is 1. The second-order valence-corrected chi connectivity index (χ2v) is 4.94. The second-order valence-electron chi connectivity index (χ2n) is 4.94. The van der Waals surface area contributed by atoms with Gasteiger partial charge in [0.15, 0.2) is 5.78 Å². The van der Waals surface area contributed by atoms with Crippen LogP contribution in [0.15, 0.2) is 54.9 Å². The molecule has 3 rings (SSSR count). The summed E-state index contributed by atoms with van der Waals surface area (Å²) < 4.78 is 7.21. The third-order valence-corrected chi connectivity index (χ3v) is 3.70. The van der Waals surface area contributed by atoms with E-state index in [2.05, 4.69) is 6.92 Å². The summed E-state index contributed by atoms with van der Waals surface area (Å²) in [6.45, 7) is 2.06. The van der Waals surface area contributed by atoms with E-state index in [0.717, 1.165) is 34.4 Å². The van der Waals surface area contributed by atoms with Gasteiger partial charge in [-0.05, 0) is 24.1 Å². The van der Waals surface area contributed by atoms with Crippen molar-refractivity contribution in [1.29, 1.82) is 0 Å². The molecule has 0 N–H and O–H groups in total. The van der Waals surface area contributed by atoms with Crippen LogP contribution in [-0.4, -0.2) is 17.3 Å². The lowest BCUT2D eigenvalue weighted by Gasteiger charge is -2.04. The van der Waals surface area contributed by atoms with Crippen LogP contribution in [0.2, 0.25) is 0 Å². The molecule has 0 aliphatic carbocycles. The first kappa shape index (κ1) is 13.4. The van der Waals surface area contributed by atoms with Crippen molar-refractivity contribution in [1.82, 2.24) is 4.40 Å². The monoisotopic (exact) mass is 279 g/mol. The number of ether oxygens (including phenoxy) is 1. The number of carbonyl (C=O) groups excluding carboxylic acids is 1. The predicted molar refractivity (Wildman–Crippen MR) is 83.2 cm³/mol. The number of nitrogens with zero attached hydrogens (tertiary/aromatic N) is 1. The van der Waals surface area contributed by atoms with Crippen molar-refractivity contribution in [2.75, 3.05) is 7.11 Å². The summed E-state index contributed by atoms with van der Waals surface area (Å²) in [7, 11) is 1.64. The summed E-state index contributed by atoms with van der Waals surface area (Å²) in [5.41, 5.74) is 3.47. The molecule has 0 aliphatic rings. The van der Waals surface area contributed by atoms with Crippen LogP contribution >= 0.6 is 0 Å². The molecule has 0 aliphatic heterocycles. The normalized spacial score (nSPS) is 10.8. The van der Waals surface area contributed by atoms with Crippen molar-refractivity contribution in [2.45, 2.75) is 13.3 Å². The van der Waals surface area contributed by atoms with Crippen molar-refractivity contribution < 1.29 is 9.53 Å². The minimum Gasteiger partial charge on any atom is -0.495 e. The standard InChI is InChI=1S/C18H17NO2/c1-3-13-11-19-12-15(21-2)9-10-16(19)17(13)18(20)14-7-5-4-6-8-14/h4-12H,3H2,1-2H3. The van der Waals surface area contributed by atoms with Gasteiger partial charge in [0.25, 0.3) is 0 Å². The zero-order valence-corrected chi connectivity index (χ0v) is 12.2. The summed E-state index contributed by atoms with van der Waals surface area (Å²) in [5.74, 6) is 0.846. The molecule has 2 heterocycles. The number of benzene rings is 1. The highest BCUT2D eigenvalue weighted by atomic mass is 16.5.